The summed E-state index contributed by atoms with van der Waals surface area (Å²) in [6, 6.07) is 15.2. The van der Waals surface area contributed by atoms with Crippen molar-refractivity contribution in [2.24, 2.45) is 0 Å². The van der Waals surface area contributed by atoms with Gasteiger partial charge in [-0.2, -0.15) is 0 Å². The van der Waals surface area contributed by atoms with Crippen LogP contribution in [-0.4, -0.2) is 35.5 Å². The average Bonchev–Trinajstić information content (AvgIpc) is 3.26. The molecule has 3 rings (SSSR count). The maximum Gasteiger partial charge on any atom is 0.119 e. The molecule has 36 heavy (non-hydrogen) atoms. The van der Waals surface area contributed by atoms with E-state index in [1.807, 2.05) is 0 Å². The highest BCUT2D eigenvalue weighted by Crippen LogP contribution is 2.28. The predicted octanol–water partition coefficient (Wildman–Crippen LogP) is 8.89. The molecular weight excluding hydrogens is 440 g/mol. The molecule has 198 valence electrons. The molecule has 0 aliphatic heterocycles. The molecule has 0 aliphatic rings. The third-order valence-corrected chi connectivity index (χ3v) is 7.30. The van der Waals surface area contributed by atoms with Crippen molar-refractivity contribution >= 4 is 5.52 Å². The summed E-state index contributed by atoms with van der Waals surface area (Å²) >= 11 is 0. The molecule has 0 atom stereocenters. The topological polar surface area (TPSA) is 16.9 Å². The largest absolute Gasteiger partial charge is 0.494 e. The van der Waals surface area contributed by atoms with Crippen molar-refractivity contribution in [3.05, 3.63) is 71.5 Å². The van der Waals surface area contributed by atoms with Crippen molar-refractivity contribution < 1.29 is 4.74 Å². The van der Waals surface area contributed by atoms with Crippen molar-refractivity contribution in [1.29, 1.82) is 0 Å². The normalized spacial score (nSPS) is 11.7. The molecule has 0 saturated heterocycles. The molecule has 3 aromatic rings. The molecule has 0 unspecified atom stereocenters. The lowest BCUT2D eigenvalue weighted by atomic mass is 9.96. The van der Waals surface area contributed by atoms with Gasteiger partial charge in [0.15, 0.2) is 0 Å². The van der Waals surface area contributed by atoms with E-state index in [9.17, 15) is 0 Å². The van der Waals surface area contributed by atoms with Gasteiger partial charge in [0, 0.05) is 24.5 Å². The maximum atomic E-state index is 6.13. The van der Waals surface area contributed by atoms with Gasteiger partial charge in [-0.3, -0.25) is 0 Å². The summed E-state index contributed by atoms with van der Waals surface area (Å²) in [5.74, 6) is 1.50. The molecule has 0 spiro atoms. The molecule has 0 aliphatic carbocycles. The van der Waals surface area contributed by atoms with Crippen molar-refractivity contribution in [2.75, 3.05) is 26.2 Å². The molecule has 1 aromatic carbocycles. The highest BCUT2D eigenvalue weighted by molar-refractivity contribution is 5.61. The zero-order chi connectivity index (χ0) is 25.6. The number of fused-ring (bicyclic) bond motifs is 1. The summed E-state index contributed by atoms with van der Waals surface area (Å²) in [5, 5.41) is 0. The van der Waals surface area contributed by atoms with Crippen LogP contribution in [-0.2, 0) is 6.42 Å². The SMILES string of the molecule is CCCCCCN(CCCCCC)CCCOc1ccc(Cc2c(C(C)C)cn3ccccc23)cc1. The van der Waals surface area contributed by atoms with Crippen LogP contribution in [0.15, 0.2) is 54.9 Å². The van der Waals surface area contributed by atoms with E-state index >= 15 is 0 Å². The van der Waals surface area contributed by atoms with E-state index in [0.29, 0.717) is 5.92 Å². The van der Waals surface area contributed by atoms with Gasteiger partial charge in [0.05, 0.1) is 6.61 Å². The van der Waals surface area contributed by atoms with E-state index in [4.69, 9.17) is 4.74 Å². The van der Waals surface area contributed by atoms with Gasteiger partial charge in [0.1, 0.15) is 5.75 Å². The lowest BCUT2D eigenvalue weighted by Gasteiger charge is -2.22. The van der Waals surface area contributed by atoms with Crippen LogP contribution in [0.1, 0.15) is 108 Å². The molecule has 0 fully saturated rings. The molecule has 2 aromatic heterocycles. The number of nitrogens with zero attached hydrogens (tertiary/aromatic N) is 2. The number of hydrogen-bond acceptors (Lipinski definition) is 2. The first kappa shape index (κ1) is 28.3. The van der Waals surface area contributed by atoms with E-state index in [1.54, 1.807) is 0 Å². The Hall–Kier alpha value is -2.26. The molecule has 3 nitrogen and oxygen atoms in total. The number of hydrogen-bond donors (Lipinski definition) is 0. The lowest BCUT2D eigenvalue weighted by Crippen LogP contribution is -2.28. The summed E-state index contributed by atoms with van der Waals surface area (Å²) in [7, 11) is 0. The Morgan fingerprint density at radius 3 is 2.08 bits per heavy atom. The van der Waals surface area contributed by atoms with Crippen molar-refractivity contribution in [3.8, 4) is 5.75 Å². The Morgan fingerprint density at radius 2 is 1.44 bits per heavy atom. The third kappa shape index (κ3) is 9.00. The van der Waals surface area contributed by atoms with E-state index < -0.39 is 0 Å². The molecule has 0 amide bonds. The predicted molar refractivity (Wildman–Crippen MR) is 156 cm³/mol. The average molecular weight is 491 g/mol. The quantitative estimate of drug-likeness (QED) is 0.166. The number of ether oxygens (including phenoxy) is 1. The minimum atomic E-state index is 0.514. The molecule has 3 heteroatoms. The second kappa shape index (κ2) is 15.8. The van der Waals surface area contributed by atoms with Crippen LogP contribution >= 0.6 is 0 Å². The number of unbranched alkanes of at least 4 members (excludes halogenated alkanes) is 6. The summed E-state index contributed by atoms with van der Waals surface area (Å²) in [6.45, 7) is 13.6. The highest BCUT2D eigenvalue weighted by atomic mass is 16.5. The van der Waals surface area contributed by atoms with Gasteiger partial charge >= 0.3 is 0 Å². The number of pyridine rings is 1. The van der Waals surface area contributed by atoms with Gasteiger partial charge in [-0.05, 0) is 85.6 Å². The van der Waals surface area contributed by atoms with E-state index in [-0.39, 0.29) is 0 Å². The Balaban J connectivity index is 1.48. The lowest BCUT2D eigenvalue weighted by molar-refractivity contribution is 0.226. The van der Waals surface area contributed by atoms with Crippen LogP contribution in [0.5, 0.6) is 5.75 Å². The van der Waals surface area contributed by atoms with Crippen LogP contribution < -0.4 is 4.74 Å². The molecule has 0 radical (unpaired) electrons. The van der Waals surface area contributed by atoms with Crippen LogP contribution in [0.3, 0.4) is 0 Å². The maximum absolute atomic E-state index is 6.13. The number of rotatable bonds is 18. The summed E-state index contributed by atoms with van der Waals surface area (Å²) in [5.41, 5.74) is 5.54. The van der Waals surface area contributed by atoms with Gasteiger partial charge in [-0.25, -0.2) is 0 Å². The second-order valence-corrected chi connectivity index (χ2v) is 10.7. The zero-order valence-electron chi connectivity index (χ0n) is 23.5. The van der Waals surface area contributed by atoms with Gasteiger partial charge in [0.2, 0.25) is 0 Å². The molecular formula is C33H50N2O. The van der Waals surface area contributed by atoms with Crippen LogP contribution in [0.2, 0.25) is 0 Å². The van der Waals surface area contributed by atoms with E-state index in [2.05, 4.69) is 91.9 Å². The summed E-state index contributed by atoms with van der Waals surface area (Å²) < 4.78 is 8.40. The third-order valence-electron chi connectivity index (χ3n) is 7.30. The smallest absolute Gasteiger partial charge is 0.119 e. The number of benzene rings is 1. The fourth-order valence-corrected chi connectivity index (χ4v) is 5.14. The Bertz CT molecular complexity index is 977. The van der Waals surface area contributed by atoms with Crippen LogP contribution in [0.4, 0.5) is 0 Å². The standard InChI is InChI=1S/C33H50N2O/c1-5-7-9-12-21-34(22-13-10-8-6-2)23-15-25-36-30-19-17-29(18-20-30)26-31-32(28(3)4)27-35-24-14-11-16-33(31)35/h11,14,16-20,24,27-28H,5-10,12-13,15,21-23,25-26H2,1-4H3. The van der Waals surface area contributed by atoms with Gasteiger partial charge in [-0.1, -0.05) is 84.4 Å². The first-order valence-electron chi connectivity index (χ1n) is 14.6. The minimum absolute atomic E-state index is 0.514. The monoisotopic (exact) mass is 490 g/mol. The fraction of sp³-hybridized carbons (Fsp3) is 0.576. The summed E-state index contributed by atoms with van der Waals surface area (Å²) in [4.78, 5) is 2.67. The van der Waals surface area contributed by atoms with Crippen molar-refractivity contribution in [3.63, 3.8) is 0 Å². The van der Waals surface area contributed by atoms with E-state index in [0.717, 1.165) is 31.7 Å². The minimum Gasteiger partial charge on any atom is -0.494 e. The zero-order valence-corrected chi connectivity index (χ0v) is 23.5. The first-order valence-corrected chi connectivity index (χ1v) is 14.6. The summed E-state index contributed by atoms with van der Waals surface area (Å²) in [6.07, 6.45) is 17.2. The van der Waals surface area contributed by atoms with Gasteiger partial charge < -0.3 is 14.0 Å². The fourth-order valence-electron chi connectivity index (χ4n) is 5.14. The van der Waals surface area contributed by atoms with Crippen molar-refractivity contribution in [1.82, 2.24) is 9.30 Å². The first-order chi connectivity index (χ1) is 17.6. The van der Waals surface area contributed by atoms with Crippen molar-refractivity contribution in [2.45, 2.75) is 97.8 Å². The Labute approximate surface area is 220 Å². The molecule has 0 saturated carbocycles. The molecule has 0 bridgehead atoms. The van der Waals surface area contributed by atoms with Crippen LogP contribution in [0, 0.1) is 0 Å². The Kier molecular flexibility index (Phi) is 12.4. The Morgan fingerprint density at radius 1 is 0.778 bits per heavy atom. The second-order valence-electron chi connectivity index (χ2n) is 10.7. The highest BCUT2D eigenvalue weighted by Gasteiger charge is 2.14. The molecule has 2 heterocycles. The van der Waals surface area contributed by atoms with Crippen LogP contribution in [0.25, 0.3) is 5.52 Å². The van der Waals surface area contributed by atoms with Gasteiger partial charge in [0.25, 0.3) is 0 Å². The molecule has 0 N–H and O–H groups in total. The van der Waals surface area contributed by atoms with E-state index in [1.165, 1.54) is 86.7 Å². The van der Waals surface area contributed by atoms with Gasteiger partial charge in [-0.15, -0.1) is 0 Å². The number of aromatic nitrogens is 1.